The predicted octanol–water partition coefficient (Wildman–Crippen LogP) is 4.55. The molecule has 29 heavy (non-hydrogen) atoms. The van der Waals surface area contributed by atoms with Crippen molar-refractivity contribution >= 4 is 5.91 Å². The summed E-state index contributed by atoms with van der Waals surface area (Å²) in [7, 11) is 0. The second-order valence-corrected chi connectivity index (χ2v) is 5.85. The van der Waals surface area contributed by atoms with Gasteiger partial charge in [0.2, 0.25) is 0 Å². The summed E-state index contributed by atoms with van der Waals surface area (Å²) >= 11 is 0. The van der Waals surface area contributed by atoms with Crippen molar-refractivity contribution in [1.82, 2.24) is 4.90 Å². The number of likely N-dealkylation sites (tertiary alicyclic amines) is 1. The Balaban J connectivity index is 3.14. The van der Waals surface area contributed by atoms with Gasteiger partial charge in [0, 0.05) is 0 Å². The zero-order valence-electron chi connectivity index (χ0n) is 12.3. The van der Waals surface area contributed by atoms with Gasteiger partial charge in [-0.15, -0.1) is 13.2 Å². The Bertz CT molecular complexity index is 752. The standard InChI is InChI=1S/C10F17NO/c11-2-1(29)28(10(25,26)27)9(23,24)7(18,19)3(2,12)6(16,17)4(13,5(2,14)15)8(20,21)22. The Hall–Kier alpha value is -1.72. The quantitative estimate of drug-likeness (QED) is 0.374. The predicted molar refractivity (Wildman–Crippen MR) is 50.3 cm³/mol. The van der Waals surface area contributed by atoms with Crippen LogP contribution in [0.4, 0.5) is 74.6 Å². The zero-order chi connectivity index (χ0) is 23.7. The number of hydrogen-bond acceptors (Lipinski definition) is 1. The van der Waals surface area contributed by atoms with Crippen molar-refractivity contribution in [2.75, 3.05) is 0 Å². The molecule has 1 saturated heterocycles. The van der Waals surface area contributed by atoms with E-state index in [-0.39, 0.29) is 0 Å². The van der Waals surface area contributed by atoms with Gasteiger partial charge in [0.15, 0.2) is 0 Å². The van der Waals surface area contributed by atoms with Crippen LogP contribution in [0.15, 0.2) is 0 Å². The summed E-state index contributed by atoms with van der Waals surface area (Å²) in [5, 5.41) is 0. The summed E-state index contributed by atoms with van der Waals surface area (Å²) in [6.07, 6.45) is -15.3. The van der Waals surface area contributed by atoms with E-state index in [0.717, 1.165) is 0 Å². The number of fused-ring (bicyclic) bond motifs is 1. The minimum absolute atomic E-state index is 3.80. The molecular formula is C10F17NO. The lowest BCUT2D eigenvalue weighted by molar-refractivity contribution is -0.435. The third kappa shape index (κ3) is 1.82. The third-order valence-electron chi connectivity index (χ3n) is 4.44. The first kappa shape index (κ1) is 23.6. The van der Waals surface area contributed by atoms with Gasteiger partial charge in [0.25, 0.3) is 11.6 Å². The first-order valence-corrected chi connectivity index (χ1v) is 6.34. The second kappa shape index (κ2) is 4.94. The molecule has 0 aromatic rings. The van der Waals surface area contributed by atoms with Crippen LogP contribution in [0.3, 0.4) is 0 Å². The van der Waals surface area contributed by atoms with Crippen LogP contribution >= 0.6 is 0 Å². The van der Waals surface area contributed by atoms with Gasteiger partial charge in [-0.3, -0.25) is 4.79 Å². The van der Waals surface area contributed by atoms with Crippen LogP contribution in [0.5, 0.6) is 0 Å². The Morgan fingerprint density at radius 3 is 1.31 bits per heavy atom. The van der Waals surface area contributed by atoms with Gasteiger partial charge < -0.3 is 0 Å². The molecule has 19 heteroatoms. The molecule has 1 aliphatic heterocycles. The van der Waals surface area contributed by atoms with Crippen molar-refractivity contribution in [2.24, 2.45) is 0 Å². The van der Waals surface area contributed by atoms with Gasteiger partial charge in [-0.05, 0) is 0 Å². The van der Waals surface area contributed by atoms with E-state index in [2.05, 4.69) is 0 Å². The van der Waals surface area contributed by atoms with Crippen LogP contribution in [0.25, 0.3) is 0 Å². The molecule has 3 unspecified atom stereocenters. The molecule has 0 N–H and O–H groups in total. The monoisotopic (exact) mass is 473 g/mol. The van der Waals surface area contributed by atoms with Gasteiger partial charge >= 0.3 is 47.6 Å². The van der Waals surface area contributed by atoms with E-state index in [0.29, 0.717) is 0 Å². The molecule has 2 rings (SSSR count). The van der Waals surface area contributed by atoms with Gasteiger partial charge in [-0.2, -0.15) is 53.2 Å². The molecule has 0 aromatic carbocycles. The fourth-order valence-electron chi connectivity index (χ4n) is 3.06. The molecule has 0 bridgehead atoms. The zero-order valence-corrected chi connectivity index (χ0v) is 12.3. The fraction of sp³-hybridized carbons (Fsp3) is 0.900. The second-order valence-electron chi connectivity index (χ2n) is 5.85. The van der Waals surface area contributed by atoms with Crippen molar-refractivity contribution in [3.8, 4) is 0 Å². The SMILES string of the molecule is O=C1N(C(F)(F)F)C(F)(F)C(F)(F)C2(F)C(F)(F)C(F)(C(F)(F)F)C(F)(F)C12F. The lowest BCUT2D eigenvalue weighted by Crippen LogP contribution is -2.85. The summed E-state index contributed by atoms with van der Waals surface area (Å²) < 4.78 is 227. The van der Waals surface area contributed by atoms with Crippen LogP contribution in [0, 0.1) is 0 Å². The Morgan fingerprint density at radius 1 is 0.621 bits per heavy atom. The molecule has 0 spiro atoms. The molecule has 1 aliphatic carbocycles. The normalized spacial score (nSPS) is 40.7. The summed E-state index contributed by atoms with van der Waals surface area (Å²) in [6.45, 7) is 0. The van der Waals surface area contributed by atoms with Crippen molar-refractivity contribution in [2.45, 2.75) is 53.3 Å². The number of nitrogens with zero attached hydrogens (tertiary/aromatic N) is 1. The Kier molecular flexibility index (Phi) is 4.02. The highest BCUT2D eigenvalue weighted by atomic mass is 19.4. The smallest absolute Gasteiger partial charge is 0.270 e. The van der Waals surface area contributed by atoms with Gasteiger partial charge in [-0.25, -0.2) is 13.2 Å². The molecule has 1 saturated carbocycles. The van der Waals surface area contributed by atoms with Gasteiger partial charge in [-0.1, -0.05) is 0 Å². The number of halogens is 17. The van der Waals surface area contributed by atoms with Gasteiger partial charge in [0.1, 0.15) is 0 Å². The highest BCUT2D eigenvalue weighted by Gasteiger charge is 3.13. The van der Waals surface area contributed by atoms with Crippen LogP contribution in [0.1, 0.15) is 0 Å². The van der Waals surface area contributed by atoms with E-state index in [9.17, 15) is 79.4 Å². The van der Waals surface area contributed by atoms with E-state index < -0.39 is 64.1 Å². The fourth-order valence-corrected chi connectivity index (χ4v) is 3.06. The van der Waals surface area contributed by atoms with Crippen molar-refractivity contribution in [3.05, 3.63) is 0 Å². The highest BCUT2D eigenvalue weighted by molar-refractivity contribution is 5.92. The number of amides is 1. The maximum absolute atomic E-state index is 14.4. The van der Waals surface area contributed by atoms with E-state index in [1.807, 2.05) is 0 Å². The molecular weight excluding hydrogens is 473 g/mol. The average Bonchev–Trinajstić information content (AvgIpc) is 2.53. The average molecular weight is 473 g/mol. The summed E-state index contributed by atoms with van der Waals surface area (Å²) in [4.78, 5) is 7.43. The van der Waals surface area contributed by atoms with Crippen molar-refractivity contribution in [1.29, 1.82) is 0 Å². The summed E-state index contributed by atoms with van der Waals surface area (Å²) in [5.74, 6) is -29.5. The van der Waals surface area contributed by atoms with E-state index in [1.54, 1.807) is 0 Å². The Morgan fingerprint density at radius 2 is 1.00 bits per heavy atom. The van der Waals surface area contributed by atoms with E-state index in [1.165, 1.54) is 0 Å². The number of rotatable bonds is 0. The molecule has 170 valence electrons. The third-order valence-corrected chi connectivity index (χ3v) is 4.44. The minimum atomic E-state index is -8.24. The van der Waals surface area contributed by atoms with Crippen LogP contribution in [0.2, 0.25) is 0 Å². The number of piperidine rings is 1. The van der Waals surface area contributed by atoms with Crippen LogP contribution in [-0.2, 0) is 4.79 Å². The van der Waals surface area contributed by atoms with Crippen LogP contribution < -0.4 is 0 Å². The molecule has 0 radical (unpaired) electrons. The lowest BCUT2D eigenvalue weighted by atomic mass is 9.75. The van der Waals surface area contributed by atoms with E-state index >= 15 is 0 Å². The van der Waals surface area contributed by atoms with Crippen LogP contribution in [-0.4, -0.2) is 64.1 Å². The lowest BCUT2D eigenvalue weighted by Gasteiger charge is -2.51. The maximum Gasteiger partial charge on any atom is 0.492 e. The summed E-state index contributed by atoms with van der Waals surface area (Å²) in [5.41, 5.74) is -24.1. The van der Waals surface area contributed by atoms with Crippen molar-refractivity contribution in [3.63, 3.8) is 0 Å². The molecule has 3 atom stereocenters. The molecule has 2 nitrogen and oxygen atoms in total. The number of alkyl halides is 17. The number of carbonyl (C=O) groups is 1. The first-order chi connectivity index (χ1) is 12.3. The van der Waals surface area contributed by atoms with Gasteiger partial charge in [0.05, 0.1) is 0 Å². The van der Waals surface area contributed by atoms with Crippen molar-refractivity contribution < 1.29 is 79.4 Å². The molecule has 2 fully saturated rings. The largest absolute Gasteiger partial charge is 0.492 e. The number of carbonyl (C=O) groups excluding carboxylic acids is 1. The summed E-state index contributed by atoms with van der Waals surface area (Å²) in [6, 6.07) is -7.69. The highest BCUT2D eigenvalue weighted by Crippen LogP contribution is 2.78. The molecule has 0 aromatic heterocycles. The maximum atomic E-state index is 14.4. The van der Waals surface area contributed by atoms with E-state index in [4.69, 9.17) is 0 Å². The number of hydrogen-bond donors (Lipinski definition) is 0. The molecule has 1 amide bonds. The first-order valence-electron chi connectivity index (χ1n) is 6.34. The minimum Gasteiger partial charge on any atom is -0.270 e. The Labute approximate surface area is 145 Å². The molecule has 1 heterocycles. The molecule has 2 aliphatic rings. The topological polar surface area (TPSA) is 20.3 Å².